The first-order valence-electron chi connectivity index (χ1n) is 5.42. The first-order chi connectivity index (χ1) is 8.00. The number of nitrogen functional groups attached to an aromatic ring is 1. The van der Waals surface area contributed by atoms with Crippen molar-refractivity contribution in [3.05, 3.63) is 34.2 Å². The van der Waals surface area contributed by atoms with Crippen LogP contribution in [-0.2, 0) is 7.05 Å². The van der Waals surface area contributed by atoms with Crippen molar-refractivity contribution in [3.8, 4) is 11.3 Å². The van der Waals surface area contributed by atoms with E-state index in [1.54, 1.807) is 13.2 Å². The summed E-state index contributed by atoms with van der Waals surface area (Å²) in [6, 6.07) is 3.33. The molecule has 0 saturated carbocycles. The Kier molecular flexibility index (Phi) is 2.75. The number of anilines is 1. The number of nitrogens with zero attached hydrogens (tertiary/aromatic N) is 2. The van der Waals surface area contributed by atoms with Crippen molar-refractivity contribution >= 4 is 5.82 Å². The highest BCUT2D eigenvalue weighted by Crippen LogP contribution is 2.32. The van der Waals surface area contributed by atoms with E-state index in [1.807, 2.05) is 19.9 Å². The van der Waals surface area contributed by atoms with E-state index in [0.29, 0.717) is 17.1 Å². The van der Waals surface area contributed by atoms with Gasteiger partial charge in [-0.15, -0.1) is 0 Å². The Morgan fingerprint density at radius 3 is 2.76 bits per heavy atom. The fraction of sp³-hybridized carbons (Fsp3) is 0.333. The fourth-order valence-corrected chi connectivity index (χ4v) is 1.77. The second-order valence-electron chi connectivity index (χ2n) is 4.33. The molecule has 0 spiro atoms. The monoisotopic (exact) mass is 233 g/mol. The summed E-state index contributed by atoms with van der Waals surface area (Å²) in [5.74, 6) is 1.16. The lowest BCUT2D eigenvalue weighted by atomic mass is 10.00. The van der Waals surface area contributed by atoms with E-state index >= 15 is 0 Å². The van der Waals surface area contributed by atoms with E-state index in [2.05, 4.69) is 5.16 Å². The molecule has 2 aromatic heterocycles. The summed E-state index contributed by atoms with van der Waals surface area (Å²) in [6.07, 6.45) is 1.69. The Balaban J connectivity index is 2.61. The largest absolute Gasteiger partial charge is 0.381 e. The summed E-state index contributed by atoms with van der Waals surface area (Å²) < 4.78 is 6.71. The van der Waals surface area contributed by atoms with Crippen LogP contribution in [-0.4, -0.2) is 9.72 Å². The van der Waals surface area contributed by atoms with Crippen LogP contribution in [0.4, 0.5) is 5.82 Å². The Hall–Kier alpha value is -2.04. The minimum atomic E-state index is -0.0906. The third kappa shape index (κ3) is 1.95. The van der Waals surface area contributed by atoms with Gasteiger partial charge in [-0.1, -0.05) is 19.0 Å². The smallest absolute Gasteiger partial charge is 0.250 e. The molecule has 0 amide bonds. The van der Waals surface area contributed by atoms with Crippen molar-refractivity contribution < 1.29 is 4.52 Å². The Morgan fingerprint density at radius 1 is 1.47 bits per heavy atom. The van der Waals surface area contributed by atoms with Crippen LogP contribution in [0.2, 0.25) is 0 Å². The van der Waals surface area contributed by atoms with E-state index in [4.69, 9.17) is 10.3 Å². The molecule has 0 saturated heterocycles. The van der Waals surface area contributed by atoms with Gasteiger partial charge in [0.2, 0.25) is 0 Å². The molecule has 0 fully saturated rings. The molecule has 0 bridgehead atoms. The first-order valence-corrected chi connectivity index (χ1v) is 5.42. The molecule has 2 rings (SSSR count). The van der Waals surface area contributed by atoms with Gasteiger partial charge in [-0.25, -0.2) is 0 Å². The molecule has 90 valence electrons. The highest BCUT2D eigenvalue weighted by atomic mass is 16.5. The van der Waals surface area contributed by atoms with Crippen molar-refractivity contribution in [1.82, 2.24) is 9.72 Å². The summed E-state index contributed by atoms with van der Waals surface area (Å²) in [5, 5.41) is 3.76. The fourth-order valence-electron chi connectivity index (χ4n) is 1.77. The molecule has 0 unspecified atom stereocenters. The SMILES string of the molecule is CC(C)c1c(N)noc1-c1ccn(C)c(=O)c1. The zero-order chi connectivity index (χ0) is 12.6. The molecule has 0 aliphatic carbocycles. The number of aryl methyl sites for hydroxylation is 1. The predicted octanol–water partition coefficient (Wildman–Crippen LogP) is 1.75. The molecular formula is C12H15N3O2. The second kappa shape index (κ2) is 4.08. The van der Waals surface area contributed by atoms with Crippen molar-refractivity contribution in [2.45, 2.75) is 19.8 Å². The van der Waals surface area contributed by atoms with Gasteiger partial charge in [0.1, 0.15) is 0 Å². The lowest BCUT2D eigenvalue weighted by Crippen LogP contribution is -2.14. The van der Waals surface area contributed by atoms with Crippen LogP contribution < -0.4 is 11.3 Å². The molecule has 17 heavy (non-hydrogen) atoms. The standard InChI is InChI=1S/C12H15N3O2/c1-7(2)10-11(17-14-12(10)13)8-4-5-15(3)9(16)6-8/h4-7H,1-3H3,(H2,13,14). The molecule has 0 aliphatic heterocycles. The number of nitrogens with two attached hydrogens (primary N) is 1. The van der Waals surface area contributed by atoms with Crippen LogP contribution in [0.25, 0.3) is 11.3 Å². The minimum Gasteiger partial charge on any atom is -0.381 e. The molecule has 0 atom stereocenters. The number of pyridine rings is 1. The van der Waals surface area contributed by atoms with E-state index in [-0.39, 0.29) is 11.5 Å². The molecule has 0 radical (unpaired) electrons. The van der Waals surface area contributed by atoms with Crippen LogP contribution in [0, 0.1) is 0 Å². The van der Waals surface area contributed by atoms with Crippen molar-refractivity contribution in [1.29, 1.82) is 0 Å². The molecule has 2 N–H and O–H groups in total. The van der Waals surface area contributed by atoms with E-state index < -0.39 is 0 Å². The van der Waals surface area contributed by atoms with Crippen molar-refractivity contribution in [2.75, 3.05) is 5.73 Å². The Labute approximate surface area is 98.8 Å². The number of aromatic nitrogens is 2. The van der Waals surface area contributed by atoms with Crippen molar-refractivity contribution in [3.63, 3.8) is 0 Å². The average Bonchev–Trinajstić information content (AvgIpc) is 2.64. The number of hydrogen-bond donors (Lipinski definition) is 1. The molecular weight excluding hydrogens is 218 g/mol. The maximum Gasteiger partial charge on any atom is 0.250 e. The van der Waals surface area contributed by atoms with E-state index in [1.165, 1.54) is 10.6 Å². The molecule has 2 heterocycles. The predicted molar refractivity (Wildman–Crippen MR) is 65.7 cm³/mol. The van der Waals surface area contributed by atoms with Crippen LogP contribution in [0.3, 0.4) is 0 Å². The molecule has 5 nitrogen and oxygen atoms in total. The summed E-state index contributed by atoms with van der Waals surface area (Å²) >= 11 is 0. The lowest BCUT2D eigenvalue weighted by Gasteiger charge is -2.05. The van der Waals surface area contributed by atoms with E-state index in [0.717, 1.165) is 5.56 Å². The Bertz CT molecular complexity index is 596. The van der Waals surface area contributed by atoms with Gasteiger partial charge in [-0.2, -0.15) is 0 Å². The zero-order valence-corrected chi connectivity index (χ0v) is 10.1. The van der Waals surface area contributed by atoms with Crippen LogP contribution >= 0.6 is 0 Å². The van der Waals surface area contributed by atoms with Gasteiger partial charge in [-0.05, 0) is 12.0 Å². The third-order valence-electron chi connectivity index (χ3n) is 2.70. The maximum atomic E-state index is 11.6. The Morgan fingerprint density at radius 2 is 2.18 bits per heavy atom. The quantitative estimate of drug-likeness (QED) is 0.857. The minimum absolute atomic E-state index is 0.0906. The summed E-state index contributed by atoms with van der Waals surface area (Å²) in [5.41, 5.74) is 7.22. The van der Waals surface area contributed by atoms with Gasteiger partial charge in [0, 0.05) is 30.4 Å². The first kappa shape index (κ1) is 11.4. The highest BCUT2D eigenvalue weighted by molar-refractivity contribution is 5.66. The van der Waals surface area contributed by atoms with Gasteiger partial charge in [-0.3, -0.25) is 4.79 Å². The van der Waals surface area contributed by atoms with Crippen LogP contribution in [0.1, 0.15) is 25.3 Å². The van der Waals surface area contributed by atoms with Gasteiger partial charge in [0.15, 0.2) is 11.6 Å². The van der Waals surface area contributed by atoms with Crippen molar-refractivity contribution in [2.24, 2.45) is 7.05 Å². The van der Waals surface area contributed by atoms with E-state index in [9.17, 15) is 4.79 Å². The number of hydrogen-bond acceptors (Lipinski definition) is 4. The number of rotatable bonds is 2. The van der Waals surface area contributed by atoms with Gasteiger partial charge < -0.3 is 14.8 Å². The third-order valence-corrected chi connectivity index (χ3v) is 2.70. The summed E-state index contributed by atoms with van der Waals surface area (Å²) in [7, 11) is 1.70. The van der Waals surface area contributed by atoms with Gasteiger partial charge in [0.25, 0.3) is 5.56 Å². The highest BCUT2D eigenvalue weighted by Gasteiger charge is 2.18. The molecule has 0 aliphatic rings. The second-order valence-corrected chi connectivity index (χ2v) is 4.33. The summed E-state index contributed by atoms with van der Waals surface area (Å²) in [6.45, 7) is 4.01. The average molecular weight is 233 g/mol. The van der Waals surface area contributed by atoms with Crippen LogP contribution in [0.5, 0.6) is 0 Å². The maximum absolute atomic E-state index is 11.6. The zero-order valence-electron chi connectivity index (χ0n) is 10.1. The molecule has 5 heteroatoms. The normalized spacial score (nSPS) is 11.1. The lowest BCUT2D eigenvalue weighted by molar-refractivity contribution is 0.434. The molecule has 0 aromatic carbocycles. The topological polar surface area (TPSA) is 74.0 Å². The van der Waals surface area contributed by atoms with Gasteiger partial charge in [0.05, 0.1) is 0 Å². The summed E-state index contributed by atoms with van der Waals surface area (Å²) in [4.78, 5) is 11.6. The molecule has 2 aromatic rings. The van der Waals surface area contributed by atoms with Gasteiger partial charge >= 0.3 is 0 Å². The van der Waals surface area contributed by atoms with Crippen LogP contribution in [0.15, 0.2) is 27.6 Å².